The Morgan fingerprint density at radius 3 is 2.81 bits per heavy atom. The summed E-state index contributed by atoms with van der Waals surface area (Å²) in [6.45, 7) is 8.09. The Morgan fingerprint density at radius 1 is 1.26 bits per heavy atom. The van der Waals surface area contributed by atoms with Crippen LogP contribution < -0.4 is 9.64 Å². The van der Waals surface area contributed by atoms with Gasteiger partial charge in [-0.25, -0.2) is 4.39 Å². The van der Waals surface area contributed by atoms with Gasteiger partial charge in [0, 0.05) is 31.2 Å². The number of thioether (sulfide) groups is 1. The number of rotatable bonds is 9. The van der Waals surface area contributed by atoms with Gasteiger partial charge in [-0.2, -0.15) is 15.2 Å². The number of hydrogen-bond donors (Lipinski definition) is 0. The molecular formula is C31H38FN6O3S. The molecule has 4 unspecified atom stereocenters. The molecule has 0 N–H and O–H groups in total. The highest BCUT2D eigenvalue weighted by atomic mass is 32.2. The molecule has 5 rings (SSSR count). The Bertz CT molecular complexity index is 1310. The summed E-state index contributed by atoms with van der Waals surface area (Å²) in [5.74, 6) is -0.0560. The van der Waals surface area contributed by atoms with Gasteiger partial charge in [0.15, 0.2) is 5.78 Å². The summed E-state index contributed by atoms with van der Waals surface area (Å²) in [7, 11) is 2.06. The number of hydrogen-bond acceptors (Lipinski definition) is 9. The van der Waals surface area contributed by atoms with E-state index in [-0.39, 0.29) is 54.2 Å². The molecule has 3 aliphatic heterocycles. The number of ketones is 1. The van der Waals surface area contributed by atoms with Crippen LogP contribution in [0.25, 0.3) is 0 Å². The second kappa shape index (κ2) is 13.4. The van der Waals surface area contributed by atoms with Crippen molar-refractivity contribution < 1.29 is 18.7 Å². The second-order valence-electron chi connectivity index (χ2n) is 11.2. The molecule has 4 aliphatic rings. The lowest BCUT2D eigenvalue weighted by molar-refractivity contribution is -0.128. The van der Waals surface area contributed by atoms with Crippen LogP contribution in [0.15, 0.2) is 35.8 Å². The smallest absolute Gasteiger partial charge is 0.319 e. The Kier molecular flexibility index (Phi) is 9.63. The Balaban J connectivity index is 1.49. The van der Waals surface area contributed by atoms with Crippen molar-refractivity contribution >= 4 is 29.3 Å². The molecule has 223 valence electrons. The van der Waals surface area contributed by atoms with Crippen molar-refractivity contribution in [2.45, 2.75) is 62.5 Å². The fourth-order valence-corrected chi connectivity index (χ4v) is 7.51. The maximum absolute atomic E-state index is 15.6. The molecule has 0 saturated carbocycles. The number of allylic oxidation sites excluding steroid dienone is 4. The molecular weight excluding hydrogens is 555 g/mol. The molecule has 42 heavy (non-hydrogen) atoms. The van der Waals surface area contributed by atoms with E-state index >= 15 is 4.39 Å². The number of carbonyl (C=O) groups excluding carboxylic acids is 2. The number of nitrogens with zero attached hydrogens (tertiary/aromatic N) is 6. The van der Waals surface area contributed by atoms with Crippen LogP contribution in [0.1, 0.15) is 48.7 Å². The molecule has 1 aliphatic carbocycles. The third kappa shape index (κ3) is 6.25. The number of Topliss-reactive ketones (excluding diaryl/α,β-unsaturated/α-hetero) is 1. The van der Waals surface area contributed by atoms with E-state index in [0.29, 0.717) is 44.0 Å². The van der Waals surface area contributed by atoms with E-state index in [0.717, 1.165) is 24.3 Å². The Labute approximate surface area is 251 Å². The molecule has 3 fully saturated rings. The monoisotopic (exact) mass is 593 g/mol. The number of piperazine rings is 1. The van der Waals surface area contributed by atoms with Crippen molar-refractivity contribution in [2.75, 3.05) is 44.7 Å². The molecule has 1 aromatic rings. The minimum absolute atomic E-state index is 0.0143. The number of amides is 1. The maximum Gasteiger partial charge on any atom is 0.319 e. The largest absolute Gasteiger partial charge is 0.462 e. The molecule has 0 bridgehead atoms. The molecule has 5 atom stereocenters. The van der Waals surface area contributed by atoms with E-state index in [4.69, 9.17) is 9.72 Å². The van der Waals surface area contributed by atoms with E-state index in [2.05, 4.69) is 29.6 Å². The van der Waals surface area contributed by atoms with Crippen molar-refractivity contribution in [1.82, 2.24) is 19.8 Å². The van der Waals surface area contributed by atoms with Crippen LogP contribution in [0, 0.1) is 23.7 Å². The number of likely N-dealkylation sites (tertiary alicyclic amines) is 1. The third-order valence-electron chi connectivity index (χ3n) is 8.60. The summed E-state index contributed by atoms with van der Waals surface area (Å²) in [5.41, 5.74) is 0.816. The number of aromatic nitrogens is 2. The SMILES string of the molecule is C=CC(=O)N1CCN(c2nc(OCC3CCCN3C)nc(C(=O)[C@@H]3SC4=CC=C[CH]C4CC3F)c2CC)CC1CC#N. The first-order chi connectivity index (χ1) is 20.3. The first-order valence-electron chi connectivity index (χ1n) is 14.7. The van der Waals surface area contributed by atoms with E-state index in [1.54, 1.807) is 4.90 Å². The highest BCUT2D eigenvalue weighted by molar-refractivity contribution is 8.04. The van der Waals surface area contributed by atoms with Gasteiger partial charge in [-0.15, -0.1) is 11.8 Å². The van der Waals surface area contributed by atoms with Gasteiger partial charge in [-0.1, -0.05) is 31.7 Å². The third-order valence-corrected chi connectivity index (χ3v) is 10.1. The molecule has 3 saturated heterocycles. The van der Waals surface area contributed by atoms with Gasteiger partial charge < -0.3 is 19.4 Å². The fraction of sp³-hybridized carbons (Fsp3) is 0.548. The first kappa shape index (κ1) is 30.2. The van der Waals surface area contributed by atoms with Crippen LogP contribution in [0.3, 0.4) is 0 Å². The molecule has 1 aromatic heterocycles. The highest BCUT2D eigenvalue weighted by Gasteiger charge is 2.41. The van der Waals surface area contributed by atoms with Crippen LogP contribution in [-0.4, -0.2) is 94.8 Å². The number of likely N-dealkylation sites (N-methyl/N-ethyl adjacent to an activating group) is 1. The number of nitriles is 1. The second-order valence-corrected chi connectivity index (χ2v) is 12.4. The summed E-state index contributed by atoms with van der Waals surface area (Å²) >= 11 is 1.28. The summed E-state index contributed by atoms with van der Waals surface area (Å²) in [4.78, 5) is 42.9. The van der Waals surface area contributed by atoms with E-state index in [1.165, 1.54) is 17.8 Å². The predicted octanol–water partition coefficient (Wildman–Crippen LogP) is 3.93. The normalized spacial score (nSPS) is 27.7. The summed E-state index contributed by atoms with van der Waals surface area (Å²) < 4.78 is 21.7. The Morgan fingerprint density at radius 2 is 2.10 bits per heavy atom. The van der Waals surface area contributed by atoms with E-state index < -0.39 is 11.4 Å². The van der Waals surface area contributed by atoms with Crippen LogP contribution >= 0.6 is 11.8 Å². The minimum Gasteiger partial charge on any atom is -0.462 e. The summed E-state index contributed by atoms with van der Waals surface area (Å²) in [6.07, 6.45) is 10.7. The number of alkyl halides is 1. The van der Waals surface area contributed by atoms with Crippen molar-refractivity contribution in [3.63, 3.8) is 0 Å². The van der Waals surface area contributed by atoms with Crippen LogP contribution in [-0.2, 0) is 11.2 Å². The van der Waals surface area contributed by atoms with Gasteiger partial charge in [0.2, 0.25) is 5.91 Å². The summed E-state index contributed by atoms with van der Waals surface area (Å²) in [5, 5.41) is 8.57. The molecule has 0 spiro atoms. The van der Waals surface area contributed by atoms with E-state index in [1.807, 2.05) is 36.5 Å². The zero-order chi connectivity index (χ0) is 29.8. The van der Waals surface area contributed by atoms with Gasteiger partial charge >= 0.3 is 6.01 Å². The van der Waals surface area contributed by atoms with Gasteiger partial charge in [-0.3, -0.25) is 9.59 Å². The number of halogens is 1. The molecule has 1 radical (unpaired) electrons. The van der Waals surface area contributed by atoms with Gasteiger partial charge in [0.1, 0.15) is 29.5 Å². The van der Waals surface area contributed by atoms with Gasteiger partial charge in [0.05, 0.1) is 18.5 Å². The first-order valence-corrected chi connectivity index (χ1v) is 15.6. The predicted molar refractivity (Wildman–Crippen MR) is 161 cm³/mol. The van der Waals surface area contributed by atoms with Crippen LogP contribution in [0.2, 0.25) is 0 Å². The minimum atomic E-state index is -1.32. The zero-order valence-corrected chi connectivity index (χ0v) is 25.1. The Hall–Kier alpha value is -3.23. The molecule has 1 amide bonds. The average molecular weight is 594 g/mol. The zero-order valence-electron chi connectivity index (χ0n) is 24.2. The quantitative estimate of drug-likeness (QED) is 0.311. The maximum atomic E-state index is 15.6. The lowest BCUT2D eigenvalue weighted by atomic mass is 9.91. The van der Waals surface area contributed by atoms with Crippen molar-refractivity contribution in [3.8, 4) is 12.1 Å². The average Bonchev–Trinajstić information content (AvgIpc) is 3.42. The molecule has 0 aromatic carbocycles. The molecule has 9 nitrogen and oxygen atoms in total. The summed E-state index contributed by atoms with van der Waals surface area (Å²) in [6, 6.07) is 2.13. The van der Waals surface area contributed by atoms with Crippen molar-refractivity contribution in [3.05, 3.63) is 53.5 Å². The van der Waals surface area contributed by atoms with Gasteiger partial charge in [0.25, 0.3) is 0 Å². The van der Waals surface area contributed by atoms with Gasteiger partial charge in [-0.05, 0) is 62.6 Å². The molecule has 11 heteroatoms. The van der Waals surface area contributed by atoms with Crippen LogP contribution in [0.5, 0.6) is 6.01 Å². The lowest BCUT2D eigenvalue weighted by Gasteiger charge is -2.41. The lowest BCUT2D eigenvalue weighted by Crippen LogP contribution is -2.55. The van der Waals surface area contributed by atoms with Crippen LogP contribution in [0.4, 0.5) is 10.2 Å². The van der Waals surface area contributed by atoms with Crippen molar-refractivity contribution in [2.24, 2.45) is 5.92 Å². The fourth-order valence-electron chi connectivity index (χ4n) is 6.23. The number of anilines is 1. The standard InChI is InChI=1S/C31H38FN6O3S/c1-4-23-27(28(40)29-24(32)17-20-9-6-7-11-25(20)42-29)34-31(41-19-22-10-8-14-36(22)3)35-30(23)37-15-16-38(26(39)5-2)21(18-37)12-13-33/h5-7,9,11,20-22,24,29H,2,4,8,10,12,14-19H2,1,3H3/t20?,21?,22?,24?,29-/m1/s1. The number of ether oxygens (including phenoxy) is 1. The molecule has 4 heterocycles. The number of carbonyl (C=O) groups is 2. The topological polar surface area (TPSA) is 103 Å². The van der Waals surface area contributed by atoms with Crippen molar-refractivity contribution in [1.29, 1.82) is 5.26 Å². The highest BCUT2D eigenvalue weighted by Crippen LogP contribution is 2.45. The number of fused-ring (bicyclic) bond motifs is 1. The van der Waals surface area contributed by atoms with E-state index in [9.17, 15) is 14.9 Å².